The van der Waals surface area contributed by atoms with Crippen molar-refractivity contribution in [3.8, 4) is 0 Å². The minimum atomic E-state index is -3.56. The van der Waals surface area contributed by atoms with E-state index in [2.05, 4.69) is 27.7 Å². The average Bonchev–Trinajstić information content (AvgIpc) is 3.06. The van der Waals surface area contributed by atoms with Gasteiger partial charge in [0.2, 0.25) is 0 Å². The summed E-state index contributed by atoms with van der Waals surface area (Å²) in [6, 6.07) is 0. The van der Waals surface area contributed by atoms with Crippen molar-refractivity contribution < 1.29 is 78.0 Å². The number of hydrogen-bond acceptors (Lipinski definition) is 6. The van der Waals surface area contributed by atoms with Crippen LogP contribution in [0.25, 0.3) is 0 Å². The van der Waals surface area contributed by atoms with Gasteiger partial charge in [-0.05, 0) is 48.7 Å². The first kappa shape index (κ1) is 66.1. The van der Waals surface area contributed by atoms with Crippen molar-refractivity contribution in [1.29, 1.82) is 0 Å². The van der Waals surface area contributed by atoms with Crippen molar-refractivity contribution >= 4 is 56.0 Å². The van der Waals surface area contributed by atoms with E-state index in [4.69, 9.17) is 24.5 Å². The Bertz CT molecular complexity index is 707. The van der Waals surface area contributed by atoms with Crippen LogP contribution in [0.4, 0.5) is 0 Å². The maximum atomic E-state index is 11.9. The van der Waals surface area contributed by atoms with Crippen LogP contribution in [-0.2, 0) is 103 Å². The van der Waals surface area contributed by atoms with E-state index in [1.165, 1.54) is 180 Å². The Morgan fingerprint density at radius 3 is 0.547 bits per heavy atom. The van der Waals surface area contributed by atoms with Crippen molar-refractivity contribution in [2.75, 3.05) is 23.0 Å². The van der Waals surface area contributed by atoms with Crippen molar-refractivity contribution in [2.45, 2.75) is 233 Å². The first-order chi connectivity index (χ1) is 24.0. The third-order valence-electron chi connectivity index (χ3n) is 9.57. The van der Waals surface area contributed by atoms with Crippen LogP contribution in [0.2, 0.25) is 0 Å². The van der Waals surface area contributed by atoms with Gasteiger partial charge < -0.3 is 55.5 Å². The summed E-state index contributed by atoms with van der Waals surface area (Å²) in [6.45, 7) is 8.96. The van der Waals surface area contributed by atoms with Gasteiger partial charge in [-0.3, -0.25) is 0 Å². The summed E-state index contributed by atoms with van der Waals surface area (Å²) in [4.78, 5) is 47.5. The largest absolute Gasteiger partial charge is 2.00 e. The molecule has 53 heavy (non-hydrogen) atoms. The summed E-state index contributed by atoms with van der Waals surface area (Å²) in [5.41, 5.74) is -7.11. The molecular weight excluding hydrogens is 931 g/mol. The summed E-state index contributed by atoms with van der Waals surface area (Å²) in [7, 11) is -1.09. The molecule has 0 aliphatic rings. The normalized spacial score (nSPS) is 11.5. The van der Waals surface area contributed by atoms with Gasteiger partial charge in [0.05, 0.1) is 0 Å². The van der Waals surface area contributed by atoms with E-state index in [1.54, 1.807) is 0 Å². The Morgan fingerprint density at radius 1 is 0.283 bits per heavy atom. The predicted octanol–water partition coefficient (Wildman–Crippen LogP) is 11.7. The standard InChI is InChI=1S/2C20H42O2PS2.3Zn/c2*1-3-5-7-9-11-13-15-17-19-25(23(21,22)24)20-18-16-14-12-10-8-6-4-2;;;/h2*3-20H2,1-2H3;;;/q2*-3;3*+2. The fourth-order valence-electron chi connectivity index (χ4n) is 6.26. The molecule has 4 nitrogen and oxygen atoms in total. The quantitative estimate of drug-likeness (QED) is 0.0269. The molecular formula is C40H84O4P2S4Zn3. The average molecular weight is 1020 g/mol. The first-order valence-corrected chi connectivity index (χ1v) is 31.1. The predicted molar refractivity (Wildman–Crippen MR) is 233 cm³/mol. The van der Waals surface area contributed by atoms with E-state index in [1.807, 2.05) is 0 Å². The van der Waals surface area contributed by atoms with Crippen LogP contribution in [0, 0.1) is 0 Å². The SMILES string of the molecule is CCCCCCCCCCS(CCCCCCCCCC)=P([O-])([O-])[S-].CCCCCCCCCCS(CCCCCCCCCC)=P([O-])([O-])[S-].[Zn+2].[Zn+2].[Zn+2]. The van der Waals surface area contributed by atoms with Gasteiger partial charge in [0.1, 0.15) is 0 Å². The topological polar surface area (TPSA) is 92.2 Å². The van der Waals surface area contributed by atoms with Crippen LogP contribution in [0.3, 0.4) is 0 Å². The second kappa shape index (κ2) is 50.3. The zero-order valence-electron chi connectivity index (χ0n) is 35.7. The molecule has 0 saturated carbocycles. The van der Waals surface area contributed by atoms with E-state index in [9.17, 15) is 19.6 Å². The molecule has 308 valence electrons. The van der Waals surface area contributed by atoms with Crippen molar-refractivity contribution in [3.05, 3.63) is 0 Å². The molecule has 0 spiro atoms. The van der Waals surface area contributed by atoms with Gasteiger partial charge in [-0.2, -0.15) is 0 Å². The van der Waals surface area contributed by atoms with Crippen LogP contribution in [-0.4, -0.2) is 23.0 Å². The van der Waals surface area contributed by atoms with Gasteiger partial charge in [0.25, 0.3) is 0 Å². The first-order valence-electron chi connectivity index (χ1n) is 21.4. The van der Waals surface area contributed by atoms with Crippen LogP contribution in [0.5, 0.6) is 0 Å². The molecule has 0 saturated heterocycles. The smallest absolute Gasteiger partial charge is 0.854 e. The molecule has 0 atom stereocenters. The molecule has 0 unspecified atom stereocenters. The van der Waals surface area contributed by atoms with Crippen molar-refractivity contribution in [3.63, 3.8) is 0 Å². The van der Waals surface area contributed by atoms with E-state index in [0.29, 0.717) is 0 Å². The monoisotopic (exact) mass is 1010 g/mol. The molecule has 0 aromatic heterocycles. The summed E-state index contributed by atoms with van der Waals surface area (Å²) in [5.74, 6) is 3.26. The van der Waals surface area contributed by atoms with E-state index < -0.39 is 31.5 Å². The molecule has 0 rings (SSSR count). The van der Waals surface area contributed by atoms with E-state index in [-0.39, 0.29) is 58.4 Å². The van der Waals surface area contributed by atoms with Crippen LogP contribution < -0.4 is 19.6 Å². The maximum absolute atomic E-state index is 11.9. The molecule has 0 radical (unpaired) electrons. The Hall–Kier alpha value is 3.97. The Kier molecular flexibility index (Phi) is 62.7. The molecule has 0 aliphatic carbocycles. The van der Waals surface area contributed by atoms with Gasteiger partial charge in [-0.15, -0.1) is 0 Å². The fraction of sp³-hybridized carbons (Fsp3) is 1.00. The van der Waals surface area contributed by atoms with Gasteiger partial charge in [-0.1, -0.05) is 207 Å². The van der Waals surface area contributed by atoms with E-state index >= 15 is 0 Å². The van der Waals surface area contributed by atoms with E-state index in [0.717, 1.165) is 48.7 Å². The molecule has 13 heteroatoms. The third-order valence-corrected chi connectivity index (χ3v) is 23.7. The molecule has 0 bridgehead atoms. The molecule has 0 amide bonds. The second-order valence-electron chi connectivity index (χ2n) is 14.5. The minimum Gasteiger partial charge on any atom is -0.854 e. The van der Waals surface area contributed by atoms with Crippen LogP contribution in [0.1, 0.15) is 233 Å². The molecule has 0 fully saturated rings. The third kappa shape index (κ3) is 52.0. The van der Waals surface area contributed by atoms with Crippen LogP contribution in [0.15, 0.2) is 0 Å². The van der Waals surface area contributed by atoms with Crippen molar-refractivity contribution in [1.82, 2.24) is 0 Å². The number of hydrogen-bond donors (Lipinski definition) is 0. The Labute approximate surface area is 386 Å². The minimum absolute atomic E-state index is 0. The second-order valence-corrected chi connectivity index (χ2v) is 30.1. The zero-order valence-corrected chi connectivity index (χ0v) is 49.7. The summed E-state index contributed by atoms with van der Waals surface area (Å²) in [6.07, 6.45) is 40.3. The molecule has 0 aromatic carbocycles. The summed E-state index contributed by atoms with van der Waals surface area (Å²) < 4.78 is 0. The maximum Gasteiger partial charge on any atom is 2.00 e. The van der Waals surface area contributed by atoms with Crippen LogP contribution >= 0.6 is 11.4 Å². The Balaban J connectivity index is -0.000000274. The van der Waals surface area contributed by atoms with Gasteiger partial charge >= 0.3 is 58.4 Å². The molecule has 0 aliphatic heterocycles. The molecule has 0 heterocycles. The number of rotatable bonds is 36. The fourth-order valence-corrected chi connectivity index (χ4v) is 16.6. The van der Waals surface area contributed by atoms with Gasteiger partial charge in [0.15, 0.2) is 0 Å². The summed E-state index contributed by atoms with van der Waals surface area (Å²) >= 11 is 9.63. The van der Waals surface area contributed by atoms with Crippen molar-refractivity contribution in [2.24, 2.45) is 0 Å². The van der Waals surface area contributed by atoms with Gasteiger partial charge in [-0.25, -0.2) is 20.1 Å². The molecule has 0 aromatic rings. The molecule has 0 N–H and O–H groups in total. The summed E-state index contributed by atoms with van der Waals surface area (Å²) in [5, 5.41) is 0. The zero-order chi connectivity index (χ0) is 37.6. The number of unbranched alkanes of at least 4 members (excludes halogenated alkanes) is 28. The Morgan fingerprint density at radius 2 is 0.415 bits per heavy atom. The van der Waals surface area contributed by atoms with Gasteiger partial charge in [0, 0.05) is 0 Å².